The summed E-state index contributed by atoms with van der Waals surface area (Å²) in [6.07, 6.45) is 10.1. The molecule has 0 aromatic carbocycles. The van der Waals surface area contributed by atoms with Crippen LogP contribution < -0.4 is 0 Å². The molecule has 1 aliphatic rings. The van der Waals surface area contributed by atoms with Gasteiger partial charge in [0.25, 0.3) is 0 Å². The molecule has 0 saturated heterocycles. The standard InChI is InChI=1S/C13H22O/c1-4-5-6-8-13(3)9-7-12(14)11(2)10-13/h7,9,11H,4-6,8,10H2,1-3H3. The van der Waals surface area contributed by atoms with Crippen molar-refractivity contribution in [2.24, 2.45) is 11.3 Å². The van der Waals surface area contributed by atoms with Gasteiger partial charge in [-0.25, -0.2) is 0 Å². The summed E-state index contributed by atoms with van der Waals surface area (Å²) >= 11 is 0. The van der Waals surface area contributed by atoms with Crippen molar-refractivity contribution in [1.82, 2.24) is 0 Å². The second-order valence-corrected chi connectivity index (χ2v) is 4.95. The summed E-state index contributed by atoms with van der Waals surface area (Å²) in [5.41, 5.74) is 0.280. The maximum atomic E-state index is 11.3. The van der Waals surface area contributed by atoms with Crippen LogP contribution in [0.5, 0.6) is 0 Å². The van der Waals surface area contributed by atoms with Gasteiger partial charge in [0, 0.05) is 5.92 Å². The predicted octanol–water partition coefficient (Wildman–Crippen LogP) is 3.74. The molecule has 0 aromatic rings. The van der Waals surface area contributed by atoms with Gasteiger partial charge in [-0.05, 0) is 24.3 Å². The molecule has 1 aliphatic carbocycles. The van der Waals surface area contributed by atoms with E-state index < -0.39 is 0 Å². The van der Waals surface area contributed by atoms with Gasteiger partial charge >= 0.3 is 0 Å². The number of carbonyl (C=O) groups excluding carboxylic acids is 1. The fourth-order valence-corrected chi connectivity index (χ4v) is 2.28. The van der Waals surface area contributed by atoms with Crippen LogP contribution in [0.3, 0.4) is 0 Å². The first-order valence-electron chi connectivity index (χ1n) is 5.80. The number of hydrogen-bond acceptors (Lipinski definition) is 1. The van der Waals surface area contributed by atoms with Gasteiger partial charge in [0.15, 0.2) is 5.78 Å². The van der Waals surface area contributed by atoms with Crippen LogP contribution in [0.15, 0.2) is 12.2 Å². The van der Waals surface area contributed by atoms with Crippen molar-refractivity contribution in [2.45, 2.75) is 52.9 Å². The zero-order valence-electron chi connectivity index (χ0n) is 9.68. The van der Waals surface area contributed by atoms with Gasteiger partial charge in [-0.15, -0.1) is 0 Å². The number of unbranched alkanes of at least 4 members (excludes halogenated alkanes) is 2. The van der Waals surface area contributed by atoms with Crippen LogP contribution in [0.4, 0.5) is 0 Å². The average Bonchev–Trinajstić information content (AvgIpc) is 2.13. The topological polar surface area (TPSA) is 17.1 Å². The maximum absolute atomic E-state index is 11.3. The van der Waals surface area contributed by atoms with Gasteiger partial charge in [0.2, 0.25) is 0 Å². The summed E-state index contributed by atoms with van der Waals surface area (Å²) in [4.78, 5) is 11.3. The van der Waals surface area contributed by atoms with Crippen LogP contribution >= 0.6 is 0 Å². The third-order valence-corrected chi connectivity index (χ3v) is 3.26. The van der Waals surface area contributed by atoms with Crippen molar-refractivity contribution in [3.05, 3.63) is 12.2 Å². The first-order chi connectivity index (χ1) is 6.57. The van der Waals surface area contributed by atoms with Crippen molar-refractivity contribution in [2.75, 3.05) is 0 Å². The summed E-state index contributed by atoms with van der Waals surface area (Å²) in [7, 11) is 0. The normalized spacial score (nSPS) is 32.2. The number of hydrogen-bond donors (Lipinski definition) is 0. The third-order valence-electron chi connectivity index (χ3n) is 3.26. The first kappa shape index (κ1) is 11.5. The van der Waals surface area contributed by atoms with Crippen molar-refractivity contribution in [1.29, 1.82) is 0 Å². The van der Waals surface area contributed by atoms with E-state index in [1.807, 2.05) is 6.92 Å². The Morgan fingerprint density at radius 3 is 2.79 bits per heavy atom. The average molecular weight is 194 g/mol. The van der Waals surface area contributed by atoms with Gasteiger partial charge in [0.05, 0.1) is 0 Å². The summed E-state index contributed by atoms with van der Waals surface area (Å²) < 4.78 is 0. The highest BCUT2D eigenvalue weighted by Gasteiger charge is 2.29. The largest absolute Gasteiger partial charge is 0.295 e. The smallest absolute Gasteiger partial charge is 0.158 e. The number of carbonyl (C=O) groups is 1. The Balaban J connectivity index is 2.49. The first-order valence-corrected chi connectivity index (χ1v) is 5.80. The maximum Gasteiger partial charge on any atom is 0.158 e. The molecule has 14 heavy (non-hydrogen) atoms. The molecular formula is C13H22O. The van der Waals surface area contributed by atoms with Crippen LogP contribution in [0.1, 0.15) is 52.9 Å². The minimum Gasteiger partial charge on any atom is -0.295 e. The molecule has 0 N–H and O–H groups in total. The minimum atomic E-state index is 0.228. The lowest BCUT2D eigenvalue weighted by molar-refractivity contribution is -0.119. The molecule has 0 radical (unpaired) electrons. The van der Waals surface area contributed by atoms with E-state index in [9.17, 15) is 4.79 Å². The lowest BCUT2D eigenvalue weighted by Gasteiger charge is -2.31. The number of rotatable bonds is 4. The van der Waals surface area contributed by atoms with Crippen LogP contribution in [-0.2, 0) is 4.79 Å². The Morgan fingerprint density at radius 1 is 1.50 bits per heavy atom. The molecule has 0 aromatic heterocycles. The Morgan fingerprint density at radius 2 is 2.21 bits per heavy atom. The van der Waals surface area contributed by atoms with Gasteiger partial charge in [-0.1, -0.05) is 46.1 Å². The molecule has 2 unspecified atom stereocenters. The van der Waals surface area contributed by atoms with Crippen LogP contribution in [0.25, 0.3) is 0 Å². The molecular weight excluding hydrogens is 172 g/mol. The van der Waals surface area contributed by atoms with Gasteiger partial charge < -0.3 is 0 Å². The van der Waals surface area contributed by atoms with Crippen molar-refractivity contribution < 1.29 is 4.79 Å². The zero-order chi connectivity index (χ0) is 10.6. The zero-order valence-corrected chi connectivity index (χ0v) is 9.68. The Bertz CT molecular complexity index is 229. The van der Waals surface area contributed by atoms with E-state index in [-0.39, 0.29) is 11.3 Å². The second-order valence-electron chi connectivity index (χ2n) is 4.95. The molecule has 0 amide bonds. The molecule has 0 bridgehead atoms. The number of ketones is 1. The Hall–Kier alpha value is -0.590. The van der Waals surface area contributed by atoms with E-state index >= 15 is 0 Å². The van der Waals surface area contributed by atoms with Crippen molar-refractivity contribution >= 4 is 5.78 Å². The molecule has 80 valence electrons. The fraction of sp³-hybridized carbons (Fsp3) is 0.769. The second kappa shape index (κ2) is 4.77. The van der Waals surface area contributed by atoms with E-state index in [4.69, 9.17) is 0 Å². The summed E-state index contributed by atoms with van der Waals surface area (Å²) in [5, 5.41) is 0. The van der Waals surface area contributed by atoms with E-state index in [2.05, 4.69) is 19.9 Å². The summed E-state index contributed by atoms with van der Waals surface area (Å²) in [6.45, 7) is 6.55. The lowest BCUT2D eigenvalue weighted by atomic mass is 9.73. The molecule has 1 heteroatoms. The third kappa shape index (κ3) is 2.97. The molecule has 0 spiro atoms. The highest BCUT2D eigenvalue weighted by Crippen LogP contribution is 2.36. The highest BCUT2D eigenvalue weighted by molar-refractivity contribution is 5.92. The molecule has 0 saturated carbocycles. The SMILES string of the molecule is CCCCCC1(C)C=CC(=O)C(C)C1. The lowest BCUT2D eigenvalue weighted by Crippen LogP contribution is -2.25. The van der Waals surface area contributed by atoms with E-state index in [1.165, 1.54) is 25.7 Å². The highest BCUT2D eigenvalue weighted by atomic mass is 16.1. The molecule has 1 nitrogen and oxygen atoms in total. The van der Waals surface area contributed by atoms with E-state index in [0.717, 1.165) is 6.42 Å². The Labute approximate surface area is 87.6 Å². The molecule has 0 heterocycles. The van der Waals surface area contributed by atoms with E-state index in [1.54, 1.807) is 6.08 Å². The molecule has 1 rings (SSSR count). The minimum absolute atomic E-state index is 0.228. The summed E-state index contributed by atoms with van der Waals surface area (Å²) in [5.74, 6) is 0.532. The van der Waals surface area contributed by atoms with Crippen molar-refractivity contribution in [3.8, 4) is 0 Å². The van der Waals surface area contributed by atoms with Gasteiger partial charge in [0.1, 0.15) is 0 Å². The number of allylic oxidation sites excluding steroid dienone is 2. The van der Waals surface area contributed by atoms with Crippen molar-refractivity contribution in [3.63, 3.8) is 0 Å². The summed E-state index contributed by atoms with van der Waals surface area (Å²) in [6, 6.07) is 0. The molecule has 0 fully saturated rings. The van der Waals surface area contributed by atoms with Crippen LogP contribution in [0, 0.1) is 11.3 Å². The molecule has 0 aliphatic heterocycles. The quantitative estimate of drug-likeness (QED) is 0.623. The van der Waals surface area contributed by atoms with Crippen LogP contribution in [-0.4, -0.2) is 5.78 Å². The van der Waals surface area contributed by atoms with Gasteiger partial charge in [-0.3, -0.25) is 4.79 Å². The predicted molar refractivity (Wildman–Crippen MR) is 60.2 cm³/mol. The van der Waals surface area contributed by atoms with Crippen LogP contribution in [0.2, 0.25) is 0 Å². The van der Waals surface area contributed by atoms with E-state index in [0.29, 0.717) is 5.78 Å². The molecule has 2 atom stereocenters. The fourth-order valence-electron chi connectivity index (χ4n) is 2.28. The van der Waals surface area contributed by atoms with Gasteiger partial charge in [-0.2, -0.15) is 0 Å². The Kier molecular flexibility index (Phi) is 3.91. The monoisotopic (exact) mass is 194 g/mol.